The molecule has 0 saturated heterocycles. The van der Waals surface area contributed by atoms with Crippen molar-refractivity contribution in [2.45, 2.75) is 19.9 Å². The van der Waals surface area contributed by atoms with Crippen molar-refractivity contribution in [1.29, 1.82) is 0 Å². The fourth-order valence-electron chi connectivity index (χ4n) is 1.36. The Labute approximate surface area is 118 Å². The summed E-state index contributed by atoms with van der Waals surface area (Å²) < 4.78 is 0. The summed E-state index contributed by atoms with van der Waals surface area (Å²) in [4.78, 5) is 29.0. The van der Waals surface area contributed by atoms with Crippen molar-refractivity contribution in [3.05, 3.63) is 24.0 Å². The lowest BCUT2D eigenvalue weighted by Gasteiger charge is -2.20. The molecule has 1 heterocycles. The smallest absolute Gasteiger partial charge is 0.270 e. The van der Waals surface area contributed by atoms with Gasteiger partial charge >= 0.3 is 0 Å². The molecule has 0 aliphatic heterocycles. The molecule has 0 bridgehead atoms. The van der Waals surface area contributed by atoms with Crippen LogP contribution in [-0.2, 0) is 4.79 Å². The number of nitrogens with two attached hydrogens (primary N) is 1. The largest absolute Gasteiger partial charge is 0.397 e. The van der Waals surface area contributed by atoms with Gasteiger partial charge < -0.3 is 16.0 Å². The number of aromatic nitrogens is 1. The first-order valence-electron chi connectivity index (χ1n) is 5.73. The first-order valence-corrected chi connectivity index (χ1v) is 5.73. The van der Waals surface area contributed by atoms with Crippen LogP contribution in [0, 0.1) is 0 Å². The summed E-state index contributed by atoms with van der Waals surface area (Å²) in [5.74, 6) is -0.526. The molecule has 0 radical (unpaired) electrons. The summed E-state index contributed by atoms with van der Waals surface area (Å²) in [6.45, 7) is 4.11. The van der Waals surface area contributed by atoms with Crippen LogP contribution in [0.25, 0.3) is 0 Å². The lowest BCUT2D eigenvalue weighted by Crippen LogP contribution is -2.45. The van der Waals surface area contributed by atoms with Crippen LogP contribution >= 0.6 is 12.4 Å². The van der Waals surface area contributed by atoms with E-state index >= 15 is 0 Å². The van der Waals surface area contributed by atoms with Gasteiger partial charge in [0.15, 0.2) is 0 Å². The molecule has 106 valence electrons. The molecule has 0 saturated carbocycles. The Kier molecular flexibility index (Phi) is 6.85. The third-order valence-electron chi connectivity index (χ3n) is 2.59. The number of pyridine rings is 1. The van der Waals surface area contributed by atoms with Crippen molar-refractivity contribution in [3.63, 3.8) is 0 Å². The fraction of sp³-hybridized carbons (Fsp3) is 0.417. The Bertz CT molecular complexity index is 436. The summed E-state index contributed by atoms with van der Waals surface area (Å²) >= 11 is 0. The number of anilines is 1. The highest BCUT2D eigenvalue weighted by Crippen LogP contribution is 2.02. The maximum Gasteiger partial charge on any atom is 0.270 e. The van der Waals surface area contributed by atoms with Crippen LogP contribution in [0.4, 0.5) is 5.69 Å². The second-order valence-corrected chi connectivity index (χ2v) is 4.02. The molecule has 1 aromatic rings. The zero-order valence-electron chi connectivity index (χ0n) is 11.2. The molecule has 7 heteroatoms. The number of amides is 2. The van der Waals surface area contributed by atoms with Crippen molar-refractivity contribution < 1.29 is 9.59 Å². The number of rotatable bonds is 4. The molecule has 2 amide bonds. The third kappa shape index (κ3) is 4.75. The second kappa shape index (κ2) is 7.58. The standard InChI is InChI=1S/C12H18N4O2.ClH/c1-4-16(3)12(18)8(2)15-11(17)10-6-5-9(13)7-14-10;/h5-8H,4,13H2,1-3H3,(H,15,17);1H. The molecular weight excluding hydrogens is 268 g/mol. The molecule has 1 unspecified atom stereocenters. The number of carbonyl (C=O) groups is 2. The normalized spacial score (nSPS) is 11.1. The van der Waals surface area contributed by atoms with Crippen LogP contribution in [0.3, 0.4) is 0 Å². The molecule has 19 heavy (non-hydrogen) atoms. The van der Waals surface area contributed by atoms with Crippen molar-refractivity contribution in [2.75, 3.05) is 19.3 Å². The molecule has 0 aliphatic carbocycles. The van der Waals surface area contributed by atoms with Crippen LogP contribution in [0.5, 0.6) is 0 Å². The van der Waals surface area contributed by atoms with Gasteiger partial charge in [0, 0.05) is 13.6 Å². The Morgan fingerprint density at radius 1 is 1.47 bits per heavy atom. The molecule has 1 aromatic heterocycles. The zero-order chi connectivity index (χ0) is 13.7. The van der Waals surface area contributed by atoms with E-state index in [1.165, 1.54) is 12.3 Å². The van der Waals surface area contributed by atoms with E-state index in [-0.39, 0.29) is 29.9 Å². The van der Waals surface area contributed by atoms with Crippen molar-refractivity contribution in [3.8, 4) is 0 Å². The molecular formula is C12H19ClN4O2. The number of nitrogen functional groups attached to an aromatic ring is 1. The van der Waals surface area contributed by atoms with E-state index in [0.717, 1.165) is 0 Å². The van der Waals surface area contributed by atoms with Crippen LogP contribution in [0.15, 0.2) is 18.3 Å². The first kappa shape index (κ1) is 17.2. The topological polar surface area (TPSA) is 88.3 Å². The predicted octanol–water partition coefficient (Wildman–Crippen LogP) is 0.682. The van der Waals surface area contributed by atoms with Gasteiger partial charge in [-0.15, -0.1) is 12.4 Å². The Morgan fingerprint density at radius 2 is 2.11 bits per heavy atom. The van der Waals surface area contributed by atoms with Crippen molar-refractivity contribution >= 4 is 29.9 Å². The quantitative estimate of drug-likeness (QED) is 0.852. The van der Waals surface area contributed by atoms with Crippen LogP contribution in [0.2, 0.25) is 0 Å². The second-order valence-electron chi connectivity index (χ2n) is 4.02. The predicted molar refractivity (Wildman–Crippen MR) is 76.1 cm³/mol. The summed E-state index contributed by atoms with van der Waals surface area (Å²) in [6.07, 6.45) is 1.40. The Hall–Kier alpha value is -1.82. The van der Waals surface area contributed by atoms with E-state index < -0.39 is 6.04 Å². The molecule has 3 N–H and O–H groups in total. The number of halogens is 1. The number of carbonyl (C=O) groups excluding carboxylic acids is 2. The lowest BCUT2D eigenvalue weighted by molar-refractivity contribution is -0.131. The molecule has 0 aromatic carbocycles. The SMILES string of the molecule is CCN(C)C(=O)C(C)NC(=O)c1ccc(N)cn1.Cl. The third-order valence-corrected chi connectivity index (χ3v) is 2.59. The highest BCUT2D eigenvalue weighted by molar-refractivity contribution is 5.96. The number of nitrogens with zero attached hydrogens (tertiary/aromatic N) is 2. The van der Waals surface area contributed by atoms with Gasteiger partial charge in [-0.1, -0.05) is 0 Å². The molecule has 6 nitrogen and oxygen atoms in total. The van der Waals surface area contributed by atoms with E-state index in [4.69, 9.17) is 5.73 Å². The maximum atomic E-state index is 11.8. The minimum atomic E-state index is -0.582. The maximum absolute atomic E-state index is 11.8. The highest BCUT2D eigenvalue weighted by Gasteiger charge is 2.19. The monoisotopic (exact) mass is 286 g/mol. The minimum absolute atomic E-state index is 0. The number of likely N-dealkylation sites (N-methyl/N-ethyl adjacent to an activating group) is 1. The van der Waals surface area contributed by atoms with E-state index in [9.17, 15) is 9.59 Å². The van der Waals surface area contributed by atoms with Gasteiger partial charge in [-0.05, 0) is 26.0 Å². The van der Waals surface area contributed by atoms with E-state index in [1.54, 1.807) is 24.9 Å². The summed E-state index contributed by atoms with van der Waals surface area (Å²) in [5.41, 5.74) is 6.21. The van der Waals surface area contributed by atoms with E-state index in [2.05, 4.69) is 10.3 Å². The minimum Gasteiger partial charge on any atom is -0.397 e. The van der Waals surface area contributed by atoms with E-state index in [1.807, 2.05) is 6.92 Å². The molecule has 0 fully saturated rings. The van der Waals surface area contributed by atoms with Gasteiger partial charge in [-0.3, -0.25) is 9.59 Å². The highest BCUT2D eigenvalue weighted by atomic mass is 35.5. The van der Waals surface area contributed by atoms with Gasteiger partial charge in [-0.2, -0.15) is 0 Å². The molecule has 1 rings (SSSR count). The van der Waals surface area contributed by atoms with Crippen LogP contribution in [-0.4, -0.2) is 41.3 Å². The van der Waals surface area contributed by atoms with Gasteiger partial charge in [-0.25, -0.2) is 4.98 Å². The number of nitrogens with one attached hydrogen (secondary N) is 1. The van der Waals surface area contributed by atoms with E-state index in [0.29, 0.717) is 12.2 Å². The number of hydrogen-bond donors (Lipinski definition) is 2. The molecule has 0 aliphatic rings. The van der Waals surface area contributed by atoms with Crippen molar-refractivity contribution in [1.82, 2.24) is 15.2 Å². The summed E-state index contributed by atoms with van der Waals surface area (Å²) in [5, 5.41) is 2.60. The summed E-state index contributed by atoms with van der Waals surface area (Å²) in [7, 11) is 1.69. The molecule has 0 spiro atoms. The Balaban J connectivity index is 0.00000324. The van der Waals surface area contributed by atoms with Gasteiger partial charge in [0.05, 0.1) is 11.9 Å². The summed E-state index contributed by atoms with van der Waals surface area (Å²) in [6, 6.07) is 2.53. The Morgan fingerprint density at radius 3 is 2.58 bits per heavy atom. The average molecular weight is 287 g/mol. The van der Waals surface area contributed by atoms with Crippen LogP contribution in [0.1, 0.15) is 24.3 Å². The van der Waals surface area contributed by atoms with Crippen LogP contribution < -0.4 is 11.1 Å². The van der Waals surface area contributed by atoms with Gasteiger partial charge in [0.2, 0.25) is 5.91 Å². The first-order chi connectivity index (χ1) is 8.45. The average Bonchev–Trinajstić information content (AvgIpc) is 2.37. The number of hydrogen-bond acceptors (Lipinski definition) is 4. The zero-order valence-corrected chi connectivity index (χ0v) is 12.0. The molecule has 1 atom stereocenters. The lowest BCUT2D eigenvalue weighted by atomic mass is 10.2. The fourth-order valence-corrected chi connectivity index (χ4v) is 1.36. The van der Waals surface area contributed by atoms with Gasteiger partial charge in [0.1, 0.15) is 11.7 Å². The van der Waals surface area contributed by atoms with Crippen molar-refractivity contribution in [2.24, 2.45) is 0 Å². The van der Waals surface area contributed by atoms with Gasteiger partial charge in [0.25, 0.3) is 5.91 Å².